The second kappa shape index (κ2) is 8.57. The quantitative estimate of drug-likeness (QED) is 0.393. The number of aryl methyl sites for hydroxylation is 1. The molecule has 0 bridgehead atoms. The minimum absolute atomic E-state index is 0.0181. The van der Waals surface area contributed by atoms with Crippen LogP contribution in [0.1, 0.15) is 44.3 Å². The summed E-state index contributed by atoms with van der Waals surface area (Å²) in [5.41, 5.74) is 6.16. The van der Waals surface area contributed by atoms with E-state index in [4.69, 9.17) is 14.6 Å². The molecule has 0 spiro atoms. The number of methoxy groups -OCH3 is 2. The van der Waals surface area contributed by atoms with Gasteiger partial charge in [-0.05, 0) is 42.2 Å². The van der Waals surface area contributed by atoms with Crippen molar-refractivity contribution in [1.29, 1.82) is 0 Å². The number of carbonyl (C=O) groups excluding carboxylic acids is 1. The smallest absolute Gasteiger partial charge is 0.257 e. The molecule has 2 aromatic heterocycles. The van der Waals surface area contributed by atoms with Gasteiger partial charge in [-0.3, -0.25) is 4.79 Å². The highest BCUT2D eigenvalue weighted by Crippen LogP contribution is 2.42. The Bertz CT molecular complexity index is 1450. The largest absolute Gasteiger partial charge is 0.493 e. The molecule has 1 amide bonds. The average Bonchev–Trinajstić information content (AvgIpc) is 3.31. The Kier molecular flexibility index (Phi) is 5.36. The van der Waals surface area contributed by atoms with Crippen LogP contribution in [0.15, 0.2) is 47.8 Å². The lowest BCUT2D eigenvalue weighted by molar-refractivity contribution is 0.0626. The third-order valence-corrected chi connectivity index (χ3v) is 7.72. The highest BCUT2D eigenvalue weighted by molar-refractivity contribution is 7.98. The minimum atomic E-state index is -0.1000. The Balaban J connectivity index is 1.35. The number of amides is 1. The lowest BCUT2D eigenvalue weighted by Crippen LogP contribution is -2.45. The predicted octanol–water partition coefficient (Wildman–Crippen LogP) is 4.04. The van der Waals surface area contributed by atoms with E-state index < -0.39 is 0 Å². The van der Waals surface area contributed by atoms with E-state index in [2.05, 4.69) is 41.2 Å². The van der Waals surface area contributed by atoms with Crippen LogP contribution >= 0.6 is 11.8 Å². The van der Waals surface area contributed by atoms with Gasteiger partial charge in [0, 0.05) is 24.9 Å². The number of fused-ring (bicyclic) bond motifs is 6. The standard InChI is InChI=1S/C26H25N5O3S/c1-15-4-6-16(7-5-15)14-35-26-28-25-27-13-19-21(31(25)29-26)12-20-18-11-23(34-3)22(33-2)10-17(18)8-9-30(20)24(19)32/h4-7,10-11,13,20H,8-9,12,14H2,1-3H3/t20-/m0/s1. The average molecular weight is 488 g/mol. The van der Waals surface area contributed by atoms with E-state index in [0.717, 1.165) is 23.4 Å². The number of nitrogens with zero attached hydrogens (tertiary/aromatic N) is 5. The molecule has 2 aliphatic heterocycles. The zero-order valence-corrected chi connectivity index (χ0v) is 20.6. The Labute approximate surface area is 207 Å². The predicted molar refractivity (Wildman–Crippen MR) is 132 cm³/mol. The SMILES string of the molecule is COc1cc2c(cc1OC)[C@@H]1Cc3c(cnc4nc(SCc5ccc(C)cc5)nn34)C(=O)N1CC2. The molecule has 35 heavy (non-hydrogen) atoms. The number of hydrogen-bond donors (Lipinski definition) is 0. The molecular weight excluding hydrogens is 462 g/mol. The number of thioether (sulfide) groups is 1. The van der Waals surface area contributed by atoms with E-state index in [9.17, 15) is 4.79 Å². The van der Waals surface area contributed by atoms with E-state index in [1.807, 2.05) is 17.0 Å². The van der Waals surface area contributed by atoms with Gasteiger partial charge < -0.3 is 14.4 Å². The number of carbonyl (C=O) groups is 1. The maximum atomic E-state index is 13.5. The molecule has 0 aliphatic carbocycles. The summed E-state index contributed by atoms with van der Waals surface area (Å²) >= 11 is 1.57. The Morgan fingerprint density at radius 3 is 2.66 bits per heavy atom. The van der Waals surface area contributed by atoms with Crippen LogP contribution in [-0.2, 0) is 18.6 Å². The molecule has 178 valence electrons. The van der Waals surface area contributed by atoms with Crippen molar-refractivity contribution in [3.05, 3.63) is 76.1 Å². The maximum Gasteiger partial charge on any atom is 0.257 e. The number of rotatable bonds is 5. The molecule has 4 aromatic rings. The molecule has 4 heterocycles. The van der Waals surface area contributed by atoms with Crippen molar-refractivity contribution in [2.45, 2.75) is 36.7 Å². The molecule has 0 radical (unpaired) electrons. The molecule has 2 aromatic carbocycles. The first-order valence-corrected chi connectivity index (χ1v) is 12.5. The summed E-state index contributed by atoms with van der Waals surface area (Å²) in [6.45, 7) is 2.73. The monoisotopic (exact) mass is 487 g/mol. The van der Waals surface area contributed by atoms with Crippen molar-refractivity contribution in [3.63, 3.8) is 0 Å². The first kappa shape index (κ1) is 21.9. The molecule has 0 N–H and O–H groups in total. The zero-order valence-electron chi connectivity index (χ0n) is 19.8. The van der Waals surface area contributed by atoms with Crippen LogP contribution in [0.3, 0.4) is 0 Å². The van der Waals surface area contributed by atoms with Crippen molar-refractivity contribution >= 4 is 23.4 Å². The summed E-state index contributed by atoms with van der Waals surface area (Å²) < 4.78 is 12.8. The Hall–Kier alpha value is -3.59. The molecule has 0 unspecified atom stereocenters. The zero-order chi connectivity index (χ0) is 24.1. The highest BCUT2D eigenvalue weighted by atomic mass is 32.2. The number of hydrogen-bond acceptors (Lipinski definition) is 7. The van der Waals surface area contributed by atoms with Crippen LogP contribution < -0.4 is 9.47 Å². The van der Waals surface area contributed by atoms with Crippen LogP contribution in [0.25, 0.3) is 5.78 Å². The third-order valence-electron chi connectivity index (χ3n) is 6.82. The molecular formula is C26H25N5O3S. The normalized spacial score (nSPS) is 16.6. The number of benzene rings is 2. The van der Waals surface area contributed by atoms with Crippen molar-refractivity contribution in [1.82, 2.24) is 24.5 Å². The second-order valence-electron chi connectivity index (χ2n) is 8.87. The van der Waals surface area contributed by atoms with E-state index in [1.165, 1.54) is 16.7 Å². The van der Waals surface area contributed by atoms with E-state index in [-0.39, 0.29) is 11.9 Å². The molecule has 8 nitrogen and oxygen atoms in total. The first-order valence-electron chi connectivity index (χ1n) is 11.5. The topological polar surface area (TPSA) is 81.9 Å². The molecule has 6 rings (SSSR count). The summed E-state index contributed by atoms with van der Waals surface area (Å²) in [6, 6.07) is 12.4. The van der Waals surface area contributed by atoms with Gasteiger partial charge in [-0.2, -0.15) is 9.50 Å². The van der Waals surface area contributed by atoms with Gasteiger partial charge >= 0.3 is 0 Å². The fraction of sp³-hybridized carbons (Fsp3) is 0.308. The Morgan fingerprint density at radius 2 is 1.89 bits per heavy atom. The minimum Gasteiger partial charge on any atom is -0.493 e. The van der Waals surface area contributed by atoms with Crippen LogP contribution in [0.4, 0.5) is 0 Å². The van der Waals surface area contributed by atoms with E-state index >= 15 is 0 Å². The van der Waals surface area contributed by atoms with Crippen molar-refractivity contribution < 1.29 is 14.3 Å². The van der Waals surface area contributed by atoms with Crippen LogP contribution in [0.5, 0.6) is 11.5 Å². The third kappa shape index (κ3) is 3.70. The number of aromatic nitrogens is 4. The molecule has 0 fully saturated rings. The van der Waals surface area contributed by atoms with Crippen molar-refractivity contribution in [3.8, 4) is 11.5 Å². The van der Waals surface area contributed by atoms with Gasteiger partial charge in [0.15, 0.2) is 11.5 Å². The van der Waals surface area contributed by atoms with E-state index in [1.54, 1.807) is 36.7 Å². The summed E-state index contributed by atoms with van der Waals surface area (Å²) in [6.07, 6.45) is 3.05. The first-order chi connectivity index (χ1) is 17.1. The second-order valence-corrected chi connectivity index (χ2v) is 9.82. The number of ether oxygens (including phenoxy) is 2. The fourth-order valence-electron chi connectivity index (χ4n) is 4.96. The summed E-state index contributed by atoms with van der Waals surface area (Å²) in [5, 5.41) is 5.39. The van der Waals surface area contributed by atoms with Gasteiger partial charge in [0.1, 0.15) is 0 Å². The van der Waals surface area contributed by atoms with Crippen molar-refractivity contribution in [2.75, 3.05) is 20.8 Å². The van der Waals surface area contributed by atoms with Gasteiger partial charge in [-0.25, -0.2) is 4.98 Å². The highest BCUT2D eigenvalue weighted by Gasteiger charge is 2.39. The van der Waals surface area contributed by atoms with Crippen molar-refractivity contribution in [2.24, 2.45) is 0 Å². The van der Waals surface area contributed by atoms with Crippen LogP contribution in [-0.4, -0.2) is 51.2 Å². The molecule has 0 saturated carbocycles. The lowest BCUT2D eigenvalue weighted by atomic mass is 9.85. The summed E-state index contributed by atoms with van der Waals surface area (Å²) in [7, 11) is 3.27. The molecule has 1 atom stereocenters. The summed E-state index contributed by atoms with van der Waals surface area (Å²) in [4.78, 5) is 24.5. The molecule has 2 aliphatic rings. The maximum absolute atomic E-state index is 13.5. The van der Waals surface area contributed by atoms with Gasteiger partial charge in [-0.15, -0.1) is 5.10 Å². The van der Waals surface area contributed by atoms with Gasteiger partial charge in [0.2, 0.25) is 5.16 Å². The van der Waals surface area contributed by atoms with Crippen LogP contribution in [0, 0.1) is 6.92 Å². The summed E-state index contributed by atoms with van der Waals surface area (Å²) in [5.74, 6) is 2.64. The Morgan fingerprint density at radius 1 is 1.11 bits per heavy atom. The lowest BCUT2D eigenvalue weighted by Gasteiger charge is -2.41. The van der Waals surface area contributed by atoms with Gasteiger partial charge in [0.25, 0.3) is 11.7 Å². The van der Waals surface area contributed by atoms with Crippen LogP contribution in [0.2, 0.25) is 0 Å². The molecule has 9 heteroatoms. The van der Waals surface area contributed by atoms with Gasteiger partial charge in [-0.1, -0.05) is 41.6 Å². The van der Waals surface area contributed by atoms with E-state index in [0.29, 0.717) is 41.0 Å². The fourth-order valence-corrected chi connectivity index (χ4v) is 5.73. The molecule has 0 saturated heterocycles. The van der Waals surface area contributed by atoms with Gasteiger partial charge in [0.05, 0.1) is 31.5 Å².